The standard InChI is InChI=1S/C13H15N3O3/c1-9-6-11(8-12(7-9)16(18)19)13(17)15(3)10(2)4-5-14/h6-8,10H,4H2,1-3H3. The lowest BCUT2D eigenvalue weighted by atomic mass is 10.1. The second-order valence-electron chi connectivity index (χ2n) is 4.44. The SMILES string of the molecule is Cc1cc(C(=O)N(C)C(C)CC#N)cc([N+](=O)[O-])c1. The van der Waals surface area contributed by atoms with E-state index in [-0.39, 0.29) is 29.6 Å². The zero-order chi connectivity index (χ0) is 14.6. The van der Waals surface area contributed by atoms with Crippen LogP contribution in [0, 0.1) is 28.4 Å². The summed E-state index contributed by atoms with van der Waals surface area (Å²) < 4.78 is 0. The van der Waals surface area contributed by atoms with Crippen molar-refractivity contribution >= 4 is 11.6 Å². The fraction of sp³-hybridized carbons (Fsp3) is 0.385. The first-order valence-electron chi connectivity index (χ1n) is 5.77. The summed E-state index contributed by atoms with van der Waals surface area (Å²) in [6.45, 7) is 3.45. The highest BCUT2D eigenvalue weighted by Gasteiger charge is 2.20. The molecule has 1 rings (SSSR count). The quantitative estimate of drug-likeness (QED) is 0.614. The summed E-state index contributed by atoms with van der Waals surface area (Å²) in [6.07, 6.45) is 0.218. The minimum atomic E-state index is -0.525. The molecule has 6 heteroatoms. The Morgan fingerprint density at radius 3 is 2.68 bits per heavy atom. The van der Waals surface area contributed by atoms with Crippen molar-refractivity contribution in [2.24, 2.45) is 0 Å². The van der Waals surface area contributed by atoms with Gasteiger partial charge in [0.25, 0.3) is 11.6 Å². The van der Waals surface area contributed by atoms with Gasteiger partial charge in [0.15, 0.2) is 0 Å². The molecule has 0 bridgehead atoms. The Bertz CT molecular complexity index is 549. The molecule has 6 nitrogen and oxygen atoms in total. The molecule has 1 amide bonds. The highest BCUT2D eigenvalue weighted by atomic mass is 16.6. The van der Waals surface area contributed by atoms with Crippen molar-refractivity contribution in [2.75, 3.05) is 7.05 Å². The molecular weight excluding hydrogens is 246 g/mol. The van der Waals surface area contributed by atoms with Crippen LogP contribution in [0.3, 0.4) is 0 Å². The summed E-state index contributed by atoms with van der Waals surface area (Å²) in [5.74, 6) is -0.324. The molecule has 0 N–H and O–H groups in total. The van der Waals surface area contributed by atoms with E-state index in [1.807, 2.05) is 6.07 Å². The van der Waals surface area contributed by atoms with Crippen molar-refractivity contribution in [3.05, 3.63) is 39.4 Å². The molecule has 0 saturated heterocycles. The second-order valence-corrected chi connectivity index (χ2v) is 4.44. The van der Waals surface area contributed by atoms with Crippen LogP contribution in [0.15, 0.2) is 18.2 Å². The van der Waals surface area contributed by atoms with Crippen LogP contribution >= 0.6 is 0 Å². The summed E-state index contributed by atoms with van der Waals surface area (Å²) in [6, 6.07) is 6.02. The number of hydrogen-bond donors (Lipinski definition) is 0. The molecule has 0 aliphatic heterocycles. The van der Waals surface area contributed by atoms with Crippen molar-refractivity contribution in [1.29, 1.82) is 5.26 Å². The van der Waals surface area contributed by atoms with Gasteiger partial charge in [-0.1, -0.05) is 0 Å². The number of amides is 1. The maximum Gasteiger partial charge on any atom is 0.270 e. The molecule has 1 aromatic rings. The predicted octanol–water partition coefficient (Wildman–Crippen LogP) is 2.28. The van der Waals surface area contributed by atoms with Gasteiger partial charge in [-0.25, -0.2) is 0 Å². The molecule has 0 fully saturated rings. The smallest absolute Gasteiger partial charge is 0.270 e. The fourth-order valence-electron chi connectivity index (χ4n) is 1.66. The number of nitriles is 1. The van der Waals surface area contributed by atoms with Crippen LogP contribution in [0.5, 0.6) is 0 Å². The van der Waals surface area contributed by atoms with Gasteiger partial charge in [-0.15, -0.1) is 0 Å². The number of carbonyl (C=O) groups is 1. The van der Waals surface area contributed by atoms with E-state index in [0.717, 1.165) is 0 Å². The van der Waals surface area contributed by atoms with Crippen LogP contribution in [0.4, 0.5) is 5.69 Å². The second kappa shape index (κ2) is 5.96. The van der Waals surface area contributed by atoms with Gasteiger partial charge in [0, 0.05) is 30.8 Å². The third-order valence-electron chi connectivity index (χ3n) is 2.89. The van der Waals surface area contributed by atoms with Crippen LogP contribution in [0.2, 0.25) is 0 Å². The van der Waals surface area contributed by atoms with Gasteiger partial charge in [0.1, 0.15) is 0 Å². The molecule has 100 valence electrons. The van der Waals surface area contributed by atoms with Crippen molar-refractivity contribution < 1.29 is 9.72 Å². The number of nitro groups is 1. The minimum absolute atomic E-state index is 0.107. The number of hydrogen-bond acceptors (Lipinski definition) is 4. The summed E-state index contributed by atoms with van der Waals surface area (Å²) >= 11 is 0. The Balaban J connectivity index is 3.06. The lowest BCUT2D eigenvalue weighted by Gasteiger charge is -2.23. The first-order chi connectivity index (χ1) is 8.86. The van der Waals surface area contributed by atoms with Crippen molar-refractivity contribution in [2.45, 2.75) is 26.3 Å². The maximum atomic E-state index is 12.2. The topological polar surface area (TPSA) is 87.2 Å². The van der Waals surface area contributed by atoms with E-state index < -0.39 is 4.92 Å². The molecule has 1 unspecified atom stereocenters. The molecule has 19 heavy (non-hydrogen) atoms. The Hall–Kier alpha value is -2.42. The Morgan fingerprint density at radius 1 is 1.53 bits per heavy atom. The van der Waals surface area contributed by atoms with E-state index in [0.29, 0.717) is 5.56 Å². The van der Waals surface area contributed by atoms with Gasteiger partial charge in [-0.2, -0.15) is 5.26 Å². The normalized spacial score (nSPS) is 11.5. The molecule has 1 atom stereocenters. The van der Waals surface area contributed by atoms with Gasteiger partial charge >= 0.3 is 0 Å². The molecule has 1 aromatic carbocycles. The number of non-ortho nitro benzene ring substituents is 1. The van der Waals surface area contributed by atoms with Gasteiger partial charge < -0.3 is 4.90 Å². The third-order valence-corrected chi connectivity index (χ3v) is 2.89. The molecule has 0 heterocycles. The highest BCUT2D eigenvalue weighted by molar-refractivity contribution is 5.95. The van der Waals surface area contributed by atoms with E-state index in [9.17, 15) is 14.9 Å². The summed E-state index contributed by atoms with van der Waals surface area (Å²) in [7, 11) is 1.58. The van der Waals surface area contributed by atoms with E-state index in [4.69, 9.17) is 5.26 Å². The van der Waals surface area contributed by atoms with Crippen LogP contribution < -0.4 is 0 Å². The minimum Gasteiger partial charge on any atom is -0.338 e. The average molecular weight is 261 g/mol. The lowest BCUT2D eigenvalue weighted by Crippen LogP contribution is -2.34. The Kier molecular flexibility index (Phi) is 4.59. The Labute approximate surface area is 111 Å². The molecule has 0 aliphatic rings. The number of benzene rings is 1. The monoisotopic (exact) mass is 261 g/mol. The van der Waals surface area contributed by atoms with Crippen molar-refractivity contribution in [1.82, 2.24) is 4.90 Å². The van der Waals surface area contributed by atoms with E-state index >= 15 is 0 Å². The fourth-order valence-corrected chi connectivity index (χ4v) is 1.66. The van der Waals surface area contributed by atoms with Crippen LogP contribution in [-0.4, -0.2) is 28.8 Å². The number of rotatable bonds is 4. The predicted molar refractivity (Wildman–Crippen MR) is 69.6 cm³/mol. The van der Waals surface area contributed by atoms with Crippen molar-refractivity contribution in [3.63, 3.8) is 0 Å². The summed E-state index contributed by atoms with van der Waals surface area (Å²) in [4.78, 5) is 23.8. The van der Waals surface area contributed by atoms with Gasteiger partial charge in [0.05, 0.1) is 17.4 Å². The van der Waals surface area contributed by atoms with E-state index in [1.54, 1.807) is 27.0 Å². The maximum absolute atomic E-state index is 12.2. The van der Waals surface area contributed by atoms with Crippen LogP contribution in [0.25, 0.3) is 0 Å². The van der Waals surface area contributed by atoms with Crippen LogP contribution in [-0.2, 0) is 0 Å². The number of aryl methyl sites for hydroxylation is 1. The van der Waals surface area contributed by atoms with E-state index in [1.165, 1.54) is 17.0 Å². The molecule has 0 aromatic heterocycles. The zero-order valence-corrected chi connectivity index (χ0v) is 11.1. The van der Waals surface area contributed by atoms with Gasteiger partial charge in [0.2, 0.25) is 0 Å². The Morgan fingerprint density at radius 2 is 2.16 bits per heavy atom. The molecule has 0 saturated carbocycles. The third kappa shape index (κ3) is 3.52. The zero-order valence-electron chi connectivity index (χ0n) is 11.1. The first-order valence-corrected chi connectivity index (χ1v) is 5.77. The first kappa shape index (κ1) is 14.6. The van der Waals surface area contributed by atoms with Crippen LogP contribution in [0.1, 0.15) is 29.3 Å². The average Bonchev–Trinajstić information content (AvgIpc) is 2.36. The largest absolute Gasteiger partial charge is 0.338 e. The molecular formula is C13H15N3O3. The summed E-state index contributed by atoms with van der Waals surface area (Å²) in [5.41, 5.74) is 0.808. The molecule has 0 aliphatic carbocycles. The number of nitrogens with zero attached hydrogens (tertiary/aromatic N) is 3. The van der Waals surface area contributed by atoms with E-state index in [2.05, 4.69) is 0 Å². The lowest BCUT2D eigenvalue weighted by molar-refractivity contribution is -0.384. The summed E-state index contributed by atoms with van der Waals surface area (Å²) in [5, 5.41) is 19.4. The molecule has 0 spiro atoms. The number of nitro benzene ring substituents is 1. The van der Waals surface area contributed by atoms with Crippen molar-refractivity contribution in [3.8, 4) is 6.07 Å². The molecule has 0 radical (unpaired) electrons. The highest BCUT2D eigenvalue weighted by Crippen LogP contribution is 2.18. The van der Waals surface area contributed by atoms with Gasteiger partial charge in [-0.05, 0) is 25.5 Å². The number of carbonyl (C=O) groups excluding carboxylic acids is 1. The van der Waals surface area contributed by atoms with Gasteiger partial charge in [-0.3, -0.25) is 14.9 Å².